The third-order valence-corrected chi connectivity index (χ3v) is 9.10. The summed E-state index contributed by atoms with van der Waals surface area (Å²) in [6.45, 7) is 6.21. The van der Waals surface area contributed by atoms with Crippen molar-refractivity contribution in [3.05, 3.63) is 122 Å². The fourth-order valence-corrected chi connectivity index (χ4v) is 5.70. The largest absolute Gasteiger partial charge is 0.462 e. The van der Waals surface area contributed by atoms with Crippen LogP contribution in [0.4, 0.5) is 0 Å². The topological polar surface area (TPSA) is 78.9 Å². The minimum atomic E-state index is -0.845. The van der Waals surface area contributed by atoms with Gasteiger partial charge in [-0.1, -0.05) is 213 Å². The van der Waals surface area contributed by atoms with Crippen LogP contribution in [0.15, 0.2) is 122 Å². The molecule has 0 aliphatic heterocycles. The van der Waals surface area contributed by atoms with Crippen LogP contribution in [-0.2, 0) is 28.6 Å². The number of hydrogen-bond acceptors (Lipinski definition) is 6. The van der Waals surface area contributed by atoms with Gasteiger partial charge in [0.15, 0.2) is 6.10 Å². The van der Waals surface area contributed by atoms with Crippen molar-refractivity contribution in [1.29, 1.82) is 0 Å². The smallest absolute Gasteiger partial charge is 0.306 e. The Bertz CT molecular complexity index is 1300. The third kappa shape index (κ3) is 44.8. The first-order valence-corrected chi connectivity index (χ1v) is 23.1. The van der Waals surface area contributed by atoms with Crippen LogP contribution in [0.1, 0.15) is 175 Å². The Morgan fingerprint density at radius 2 is 0.780 bits per heavy atom. The van der Waals surface area contributed by atoms with Crippen molar-refractivity contribution in [2.75, 3.05) is 13.2 Å². The number of carbonyl (C=O) groups is 3. The van der Waals surface area contributed by atoms with Crippen molar-refractivity contribution in [2.45, 2.75) is 181 Å². The summed E-state index contributed by atoms with van der Waals surface area (Å²) >= 11 is 0. The first-order valence-electron chi connectivity index (χ1n) is 23.1. The van der Waals surface area contributed by atoms with Crippen molar-refractivity contribution in [3.8, 4) is 0 Å². The minimum absolute atomic E-state index is 0.132. The van der Waals surface area contributed by atoms with Crippen LogP contribution < -0.4 is 0 Å². The van der Waals surface area contributed by atoms with Crippen molar-refractivity contribution in [1.82, 2.24) is 0 Å². The standard InChI is InChI=1S/C53H82O6/c1-4-7-10-13-16-19-22-25-26-27-29-31-34-37-40-43-46-52(55)58-49-50(48-57-51(54)45-42-39-36-33-30-24-21-18-15-12-9-6-3)59-53(56)47-44-41-38-35-32-28-23-20-17-14-11-8-5-2/h7-8,10-11,14,16-17,19-20,23,25-26,28-29,31-32,35,37-38,40,50H,4-6,9,12-13,15,18,21-22,24,27,30,33-34,36,39,41-49H2,1-3H3/b10-7-,11-8-,17-14-,19-16-,23-20-,26-25-,31-29-,32-28-,38-35-,40-37-. The Labute approximate surface area is 361 Å². The number of unbranched alkanes of at least 4 members (excludes halogenated alkanes) is 12. The molecule has 0 radical (unpaired) electrons. The van der Waals surface area contributed by atoms with Gasteiger partial charge in [-0.2, -0.15) is 0 Å². The maximum atomic E-state index is 12.7. The Balaban J connectivity index is 4.63. The number of carbonyl (C=O) groups excluding carboxylic acids is 3. The maximum absolute atomic E-state index is 12.7. The Morgan fingerprint density at radius 1 is 0.373 bits per heavy atom. The predicted octanol–water partition coefficient (Wildman–Crippen LogP) is 15.0. The highest BCUT2D eigenvalue weighted by atomic mass is 16.6. The van der Waals surface area contributed by atoms with Gasteiger partial charge in [-0.25, -0.2) is 0 Å². The molecule has 0 aromatic carbocycles. The molecule has 0 rings (SSSR count). The molecule has 59 heavy (non-hydrogen) atoms. The van der Waals surface area contributed by atoms with E-state index in [4.69, 9.17) is 14.2 Å². The SMILES string of the molecule is CC\C=C/C=C\C=C/C=C\C=C/CCCC(=O)OC(COC(=O)CC/C=C\C/C=C\C/C=C\C/C=C\C/C=C\CC)COC(=O)CCCCCCCCCCCCCC. The second-order valence-corrected chi connectivity index (χ2v) is 14.7. The summed E-state index contributed by atoms with van der Waals surface area (Å²) in [7, 11) is 0. The zero-order valence-corrected chi connectivity index (χ0v) is 37.5. The second kappa shape index (κ2) is 46.5. The summed E-state index contributed by atoms with van der Waals surface area (Å²) < 4.78 is 16.6. The molecule has 1 unspecified atom stereocenters. The van der Waals surface area contributed by atoms with Crippen LogP contribution in [-0.4, -0.2) is 37.2 Å². The number of allylic oxidation sites excluding steroid dienone is 20. The van der Waals surface area contributed by atoms with Crippen molar-refractivity contribution in [2.24, 2.45) is 0 Å². The molecule has 6 nitrogen and oxygen atoms in total. The average molecular weight is 815 g/mol. The molecule has 0 aliphatic carbocycles. The normalized spacial score (nSPS) is 13.2. The van der Waals surface area contributed by atoms with Crippen LogP contribution in [0.2, 0.25) is 0 Å². The highest BCUT2D eigenvalue weighted by Gasteiger charge is 2.19. The molecule has 0 aromatic rings. The highest BCUT2D eigenvalue weighted by Crippen LogP contribution is 2.13. The van der Waals surface area contributed by atoms with Gasteiger partial charge >= 0.3 is 17.9 Å². The lowest BCUT2D eigenvalue weighted by atomic mass is 10.0. The van der Waals surface area contributed by atoms with Crippen LogP contribution >= 0.6 is 0 Å². The fraction of sp³-hybridized carbons (Fsp3) is 0.566. The minimum Gasteiger partial charge on any atom is -0.462 e. The summed E-state index contributed by atoms with van der Waals surface area (Å²) in [5.41, 5.74) is 0. The Morgan fingerprint density at radius 3 is 1.29 bits per heavy atom. The van der Waals surface area contributed by atoms with E-state index in [9.17, 15) is 14.4 Å². The average Bonchev–Trinajstić information content (AvgIpc) is 3.23. The molecule has 0 saturated heterocycles. The van der Waals surface area contributed by atoms with Gasteiger partial charge < -0.3 is 14.2 Å². The van der Waals surface area contributed by atoms with Gasteiger partial charge in [0.2, 0.25) is 0 Å². The molecule has 0 amide bonds. The monoisotopic (exact) mass is 815 g/mol. The van der Waals surface area contributed by atoms with E-state index in [1.54, 1.807) is 0 Å². The lowest BCUT2D eigenvalue weighted by Gasteiger charge is -2.18. The number of hydrogen-bond donors (Lipinski definition) is 0. The first-order chi connectivity index (χ1) is 29.0. The summed E-state index contributed by atoms with van der Waals surface area (Å²) in [6, 6.07) is 0. The fourth-order valence-electron chi connectivity index (χ4n) is 5.70. The molecular weight excluding hydrogens is 733 g/mol. The van der Waals surface area contributed by atoms with Gasteiger partial charge in [0.25, 0.3) is 0 Å². The summed E-state index contributed by atoms with van der Waals surface area (Å²) in [6.07, 6.45) is 63.4. The van der Waals surface area contributed by atoms with Gasteiger partial charge in [-0.05, 0) is 64.2 Å². The summed E-state index contributed by atoms with van der Waals surface area (Å²) in [5, 5.41) is 0. The summed E-state index contributed by atoms with van der Waals surface area (Å²) in [4.78, 5) is 37.7. The molecular formula is C53H82O6. The van der Waals surface area contributed by atoms with Gasteiger partial charge in [-0.3, -0.25) is 14.4 Å². The lowest BCUT2D eigenvalue weighted by Crippen LogP contribution is -2.30. The van der Waals surface area contributed by atoms with Gasteiger partial charge in [-0.15, -0.1) is 0 Å². The van der Waals surface area contributed by atoms with Crippen molar-refractivity contribution < 1.29 is 28.6 Å². The highest BCUT2D eigenvalue weighted by molar-refractivity contribution is 5.71. The number of ether oxygens (including phenoxy) is 3. The van der Waals surface area contributed by atoms with E-state index in [1.165, 1.54) is 57.8 Å². The van der Waals surface area contributed by atoms with Gasteiger partial charge in [0.05, 0.1) is 0 Å². The van der Waals surface area contributed by atoms with Crippen LogP contribution in [0.5, 0.6) is 0 Å². The van der Waals surface area contributed by atoms with E-state index in [2.05, 4.69) is 75.5 Å². The molecule has 0 aromatic heterocycles. The first kappa shape index (κ1) is 54.8. The van der Waals surface area contributed by atoms with E-state index >= 15 is 0 Å². The van der Waals surface area contributed by atoms with E-state index in [0.717, 1.165) is 57.8 Å². The predicted molar refractivity (Wildman–Crippen MR) is 251 cm³/mol. The quantitative estimate of drug-likeness (QED) is 0.0202. The van der Waals surface area contributed by atoms with Crippen LogP contribution in [0.25, 0.3) is 0 Å². The molecule has 1 atom stereocenters. The molecule has 330 valence electrons. The van der Waals surface area contributed by atoms with Gasteiger partial charge in [0, 0.05) is 19.3 Å². The zero-order valence-electron chi connectivity index (χ0n) is 37.5. The van der Waals surface area contributed by atoms with E-state index in [0.29, 0.717) is 25.7 Å². The molecule has 0 fully saturated rings. The van der Waals surface area contributed by atoms with E-state index < -0.39 is 12.1 Å². The number of esters is 3. The zero-order chi connectivity index (χ0) is 43.0. The molecule has 0 spiro atoms. The van der Waals surface area contributed by atoms with Crippen LogP contribution in [0, 0.1) is 0 Å². The Hall–Kier alpha value is -4.19. The molecule has 0 N–H and O–H groups in total. The molecule has 0 bridgehead atoms. The second-order valence-electron chi connectivity index (χ2n) is 14.7. The van der Waals surface area contributed by atoms with Crippen molar-refractivity contribution in [3.63, 3.8) is 0 Å². The summed E-state index contributed by atoms with van der Waals surface area (Å²) in [5.74, 6) is -1.11. The Kier molecular flexibility index (Phi) is 43.2. The molecule has 6 heteroatoms. The lowest BCUT2D eigenvalue weighted by molar-refractivity contribution is -0.166. The van der Waals surface area contributed by atoms with Crippen molar-refractivity contribution >= 4 is 17.9 Å². The van der Waals surface area contributed by atoms with E-state index in [1.807, 2.05) is 66.8 Å². The molecule has 0 saturated carbocycles. The molecule has 0 aliphatic rings. The van der Waals surface area contributed by atoms with Gasteiger partial charge in [0.1, 0.15) is 13.2 Å². The van der Waals surface area contributed by atoms with Crippen LogP contribution in [0.3, 0.4) is 0 Å². The molecule has 0 heterocycles. The third-order valence-electron chi connectivity index (χ3n) is 9.10. The maximum Gasteiger partial charge on any atom is 0.306 e. The van der Waals surface area contributed by atoms with E-state index in [-0.39, 0.29) is 38.0 Å². The number of rotatable bonds is 39.